The van der Waals surface area contributed by atoms with Crippen molar-refractivity contribution in [1.29, 1.82) is 0 Å². The average molecular weight is 359 g/mol. The lowest BCUT2D eigenvalue weighted by molar-refractivity contribution is -0.143. The predicted molar refractivity (Wildman–Crippen MR) is 95.5 cm³/mol. The highest BCUT2D eigenvalue weighted by molar-refractivity contribution is 5.86. The van der Waals surface area contributed by atoms with E-state index in [1.165, 1.54) is 0 Å². The molecule has 7 heteroatoms. The van der Waals surface area contributed by atoms with E-state index in [1.807, 2.05) is 4.90 Å². The van der Waals surface area contributed by atoms with Crippen molar-refractivity contribution in [2.75, 3.05) is 26.2 Å². The van der Waals surface area contributed by atoms with Crippen LogP contribution in [0, 0.1) is 5.92 Å². The molecule has 0 aromatic heterocycles. The van der Waals surface area contributed by atoms with Gasteiger partial charge in [-0.15, -0.1) is 0 Å². The van der Waals surface area contributed by atoms with Crippen molar-refractivity contribution in [3.8, 4) is 0 Å². The Labute approximate surface area is 153 Å². The largest absolute Gasteiger partial charge is 0.479 e. The molecule has 1 unspecified atom stereocenters. The van der Waals surface area contributed by atoms with Gasteiger partial charge >= 0.3 is 12.0 Å². The summed E-state index contributed by atoms with van der Waals surface area (Å²) >= 11 is 0. The molecule has 140 valence electrons. The molecule has 2 fully saturated rings. The zero-order chi connectivity index (χ0) is 18.5. The van der Waals surface area contributed by atoms with E-state index in [9.17, 15) is 19.5 Å². The van der Waals surface area contributed by atoms with E-state index < -0.39 is 12.0 Å². The summed E-state index contributed by atoms with van der Waals surface area (Å²) in [5.74, 6) is -1.77. The molecule has 0 radical (unpaired) electrons. The van der Waals surface area contributed by atoms with Crippen LogP contribution in [0.15, 0.2) is 30.3 Å². The summed E-state index contributed by atoms with van der Waals surface area (Å²) in [5, 5.41) is 12.1. The topological polar surface area (TPSA) is 90.0 Å². The van der Waals surface area contributed by atoms with Crippen LogP contribution in [0.3, 0.4) is 0 Å². The first-order chi connectivity index (χ1) is 12.6. The number of piperidine rings is 1. The van der Waals surface area contributed by atoms with Gasteiger partial charge in [0, 0.05) is 26.2 Å². The van der Waals surface area contributed by atoms with Crippen molar-refractivity contribution in [3.63, 3.8) is 0 Å². The van der Waals surface area contributed by atoms with Crippen LogP contribution in [0.1, 0.15) is 37.3 Å². The van der Waals surface area contributed by atoms with Crippen LogP contribution in [0.2, 0.25) is 0 Å². The normalized spacial score (nSPS) is 21.3. The summed E-state index contributed by atoms with van der Waals surface area (Å²) in [7, 11) is 0. The van der Waals surface area contributed by atoms with Gasteiger partial charge in [0.1, 0.15) is 0 Å². The first-order valence-electron chi connectivity index (χ1n) is 9.18. The second-order valence-electron chi connectivity index (χ2n) is 6.95. The molecule has 1 aromatic rings. The highest BCUT2D eigenvalue weighted by Crippen LogP contribution is 2.21. The zero-order valence-corrected chi connectivity index (χ0v) is 14.8. The van der Waals surface area contributed by atoms with E-state index in [-0.39, 0.29) is 17.9 Å². The number of aliphatic carboxylic acids is 1. The number of hydrogen-bond donors (Lipinski definition) is 2. The summed E-state index contributed by atoms with van der Waals surface area (Å²) in [6.07, 6.45) is 3.47. The maximum Gasteiger partial charge on any atom is 0.330 e. The van der Waals surface area contributed by atoms with Gasteiger partial charge in [-0.2, -0.15) is 0 Å². The van der Waals surface area contributed by atoms with Crippen LogP contribution in [0.25, 0.3) is 0 Å². The summed E-state index contributed by atoms with van der Waals surface area (Å²) < 4.78 is 0. The molecule has 2 aliphatic heterocycles. The minimum Gasteiger partial charge on any atom is -0.479 e. The Kier molecular flexibility index (Phi) is 5.75. The Morgan fingerprint density at radius 1 is 1.00 bits per heavy atom. The van der Waals surface area contributed by atoms with Gasteiger partial charge in [-0.05, 0) is 31.2 Å². The molecule has 3 amide bonds. The number of carbonyl (C=O) groups excluding carboxylic acids is 2. The van der Waals surface area contributed by atoms with Crippen LogP contribution >= 0.6 is 0 Å². The molecule has 2 aliphatic rings. The SMILES string of the molecule is O=C(N[C@@H](C(=O)O)c1ccccc1)C1CCCN(C(=O)N2CCCC2)C1. The number of hydrogen-bond acceptors (Lipinski definition) is 3. The van der Waals surface area contributed by atoms with Crippen LogP contribution in [0.4, 0.5) is 4.79 Å². The number of carboxylic acids is 1. The van der Waals surface area contributed by atoms with Crippen molar-refractivity contribution in [2.45, 2.75) is 31.7 Å². The minimum absolute atomic E-state index is 0.00200. The van der Waals surface area contributed by atoms with Gasteiger partial charge in [-0.3, -0.25) is 4.79 Å². The molecule has 0 saturated carbocycles. The number of nitrogens with zero attached hydrogens (tertiary/aromatic N) is 2. The Hall–Kier alpha value is -2.57. The van der Waals surface area contributed by atoms with Gasteiger partial charge in [-0.1, -0.05) is 30.3 Å². The quantitative estimate of drug-likeness (QED) is 0.859. The number of amides is 3. The molecule has 3 rings (SSSR count). The molecule has 0 spiro atoms. The van der Waals surface area contributed by atoms with Crippen molar-refractivity contribution < 1.29 is 19.5 Å². The molecule has 2 saturated heterocycles. The monoisotopic (exact) mass is 359 g/mol. The smallest absolute Gasteiger partial charge is 0.330 e. The van der Waals surface area contributed by atoms with Crippen LogP contribution < -0.4 is 5.32 Å². The number of urea groups is 1. The molecule has 0 aliphatic carbocycles. The molecule has 1 aromatic carbocycles. The van der Waals surface area contributed by atoms with Crippen LogP contribution in [-0.2, 0) is 9.59 Å². The second kappa shape index (κ2) is 8.21. The average Bonchev–Trinajstić information content (AvgIpc) is 3.20. The molecular formula is C19H25N3O4. The predicted octanol–water partition coefficient (Wildman–Crippen LogP) is 1.86. The van der Waals surface area contributed by atoms with E-state index in [0.717, 1.165) is 32.4 Å². The summed E-state index contributed by atoms with van der Waals surface area (Å²) in [6.45, 7) is 2.56. The number of nitrogens with one attached hydrogen (secondary N) is 1. The van der Waals surface area contributed by atoms with Gasteiger partial charge in [0.25, 0.3) is 0 Å². The number of rotatable bonds is 4. The van der Waals surface area contributed by atoms with E-state index in [1.54, 1.807) is 35.2 Å². The fourth-order valence-corrected chi connectivity index (χ4v) is 3.67. The Morgan fingerprint density at radius 2 is 1.65 bits per heavy atom. The van der Waals surface area contributed by atoms with E-state index in [2.05, 4.69) is 5.32 Å². The van der Waals surface area contributed by atoms with E-state index in [4.69, 9.17) is 0 Å². The van der Waals surface area contributed by atoms with Crippen molar-refractivity contribution in [2.24, 2.45) is 5.92 Å². The second-order valence-corrected chi connectivity index (χ2v) is 6.95. The number of likely N-dealkylation sites (tertiary alicyclic amines) is 2. The highest BCUT2D eigenvalue weighted by Gasteiger charge is 2.33. The lowest BCUT2D eigenvalue weighted by Gasteiger charge is -2.35. The Morgan fingerprint density at radius 3 is 2.31 bits per heavy atom. The first-order valence-corrected chi connectivity index (χ1v) is 9.18. The maximum absolute atomic E-state index is 12.6. The van der Waals surface area contributed by atoms with Gasteiger partial charge in [0.2, 0.25) is 5.91 Å². The van der Waals surface area contributed by atoms with Crippen molar-refractivity contribution in [3.05, 3.63) is 35.9 Å². The Balaban J connectivity index is 1.63. The number of carboxylic acid groups (broad SMARTS) is 1. The first kappa shape index (κ1) is 18.2. The molecular weight excluding hydrogens is 334 g/mol. The summed E-state index contributed by atoms with van der Waals surface area (Å²) in [4.78, 5) is 40.3. The van der Waals surface area contributed by atoms with Crippen LogP contribution in [-0.4, -0.2) is 59.0 Å². The number of carbonyl (C=O) groups is 3. The molecule has 7 nitrogen and oxygen atoms in total. The van der Waals surface area contributed by atoms with Crippen molar-refractivity contribution >= 4 is 17.9 Å². The third kappa shape index (κ3) is 4.15. The highest BCUT2D eigenvalue weighted by atomic mass is 16.4. The van der Waals surface area contributed by atoms with Crippen LogP contribution in [0.5, 0.6) is 0 Å². The molecule has 2 N–H and O–H groups in total. The van der Waals surface area contributed by atoms with E-state index in [0.29, 0.717) is 25.1 Å². The minimum atomic E-state index is -1.09. The molecule has 0 bridgehead atoms. The molecule has 2 atom stereocenters. The van der Waals surface area contributed by atoms with Crippen molar-refractivity contribution in [1.82, 2.24) is 15.1 Å². The fourth-order valence-electron chi connectivity index (χ4n) is 3.67. The Bertz CT molecular complexity index is 658. The van der Waals surface area contributed by atoms with E-state index >= 15 is 0 Å². The summed E-state index contributed by atoms with van der Waals surface area (Å²) in [5.41, 5.74) is 0.536. The standard InChI is InChI=1S/C19H25N3O4/c23-17(20-16(18(24)25)14-7-2-1-3-8-14)15-9-6-12-22(13-15)19(26)21-10-4-5-11-21/h1-3,7-8,15-16H,4-6,9-13H2,(H,20,23)(H,24,25)/t15?,16-/m1/s1. The third-order valence-corrected chi connectivity index (χ3v) is 5.11. The maximum atomic E-state index is 12.6. The van der Waals surface area contributed by atoms with Gasteiger partial charge in [-0.25, -0.2) is 9.59 Å². The third-order valence-electron chi connectivity index (χ3n) is 5.11. The van der Waals surface area contributed by atoms with Gasteiger partial charge < -0.3 is 20.2 Å². The number of benzene rings is 1. The van der Waals surface area contributed by atoms with Gasteiger partial charge in [0.05, 0.1) is 5.92 Å². The summed E-state index contributed by atoms with van der Waals surface area (Å²) in [6, 6.07) is 7.58. The zero-order valence-electron chi connectivity index (χ0n) is 14.8. The lowest BCUT2D eigenvalue weighted by atomic mass is 9.96. The lowest BCUT2D eigenvalue weighted by Crippen LogP contribution is -2.50. The molecule has 26 heavy (non-hydrogen) atoms. The molecule has 2 heterocycles. The fraction of sp³-hybridized carbons (Fsp3) is 0.526. The van der Waals surface area contributed by atoms with Gasteiger partial charge in [0.15, 0.2) is 6.04 Å².